The normalized spacial score (nSPS) is 41.3. The van der Waals surface area contributed by atoms with Gasteiger partial charge in [-0.1, -0.05) is 12.0 Å². The van der Waals surface area contributed by atoms with Gasteiger partial charge in [-0.15, -0.1) is 6.42 Å². The van der Waals surface area contributed by atoms with E-state index in [1.165, 1.54) is 0 Å². The number of Topliss-reactive ketones (excluding diaryl/α,β-unsaturated/α-hetero) is 1. The van der Waals surface area contributed by atoms with E-state index in [-0.39, 0.29) is 11.5 Å². The highest BCUT2D eigenvalue weighted by atomic mass is 16.5. The van der Waals surface area contributed by atoms with Gasteiger partial charge in [-0.2, -0.15) is 0 Å². The van der Waals surface area contributed by atoms with Crippen molar-refractivity contribution >= 4 is 5.78 Å². The maximum Gasteiger partial charge on any atom is 0.174 e. The summed E-state index contributed by atoms with van der Waals surface area (Å²) in [4.78, 5) is 14.5. The molecule has 118 valence electrons. The van der Waals surface area contributed by atoms with Crippen molar-refractivity contribution in [2.75, 3.05) is 13.6 Å². The van der Waals surface area contributed by atoms with E-state index in [0.29, 0.717) is 31.6 Å². The van der Waals surface area contributed by atoms with Crippen molar-refractivity contribution in [1.29, 1.82) is 0 Å². The molecule has 5 nitrogen and oxygen atoms in total. The van der Waals surface area contributed by atoms with Gasteiger partial charge in [0, 0.05) is 12.0 Å². The number of ether oxygens (including phenoxy) is 1. The number of phenolic OH excluding ortho intramolecular Hbond substituents is 1. The van der Waals surface area contributed by atoms with E-state index >= 15 is 0 Å². The van der Waals surface area contributed by atoms with Gasteiger partial charge in [0.15, 0.2) is 23.4 Å². The lowest BCUT2D eigenvalue weighted by Gasteiger charge is -2.29. The molecule has 0 saturated heterocycles. The third kappa shape index (κ3) is 1.01. The second-order valence-electron chi connectivity index (χ2n) is 7.18. The van der Waals surface area contributed by atoms with Crippen LogP contribution in [0.2, 0.25) is 0 Å². The Hall–Kier alpha value is -2.03. The van der Waals surface area contributed by atoms with E-state index in [9.17, 15) is 15.0 Å². The van der Waals surface area contributed by atoms with Crippen LogP contribution in [0.5, 0.6) is 11.5 Å². The molecule has 5 rings (SSSR count). The fourth-order valence-corrected chi connectivity index (χ4v) is 5.92. The third-order valence-electron chi connectivity index (χ3n) is 6.62. The number of benzene rings is 1. The Labute approximate surface area is 133 Å². The number of rotatable bonds is 2. The smallest absolute Gasteiger partial charge is 0.174 e. The predicted molar refractivity (Wildman–Crippen MR) is 81.3 cm³/mol. The molecule has 1 aliphatic heterocycles. The molecule has 1 aromatic rings. The zero-order valence-corrected chi connectivity index (χ0v) is 12.8. The molecule has 1 spiro atoms. The molecule has 0 amide bonds. The standard InChI is InChI=1S/C18H17NO4/c1-3-8-19(2)16-9-10-4-5-11(20)14-13(10)18(16)15(23-14)12(21)6-7-17(16,18)22/h1,4-5,15,20,22H,6-9H2,2H3/t15-,16-,17+,18?/m0/s1. The molecule has 23 heavy (non-hydrogen) atoms. The summed E-state index contributed by atoms with van der Waals surface area (Å²) < 4.78 is 5.89. The average molecular weight is 311 g/mol. The van der Waals surface area contributed by atoms with Crippen molar-refractivity contribution in [1.82, 2.24) is 4.90 Å². The highest BCUT2D eigenvalue weighted by Crippen LogP contribution is 2.82. The molecule has 4 atom stereocenters. The van der Waals surface area contributed by atoms with Gasteiger partial charge in [-0.3, -0.25) is 9.69 Å². The Morgan fingerprint density at radius 1 is 1.52 bits per heavy atom. The minimum absolute atomic E-state index is 0.00546. The fourth-order valence-electron chi connectivity index (χ4n) is 5.92. The number of terminal acetylenes is 1. The van der Waals surface area contributed by atoms with Gasteiger partial charge < -0.3 is 14.9 Å². The van der Waals surface area contributed by atoms with Crippen LogP contribution < -0.4 is 4.74 Å². The first-order valence-electron chi connectivity index (χ1n) is 7.87. The predicted octanol–water partition coefficient (Wildman–Crippen LogP) is 0.358. The topological polar surface area (TPSA) is 70.0 Å². The van der Waals surface area contributed by atoms with Crippen LogP contribution in [-0.2, 0) is 16.6 Å². The second kappa shape index (κ2) is 3.55. The summed E-state index contributed by atoms with van der Waals surface area (Å²) in [7, 11) is 1.90. The number of aromatic hydroxyl groups is 1. The number of nitrogens with zero attached hydrogens (tertiary/aromatic N) is 1. The van der Waals surface area contributed by atoms with E-state index in [1.807, 2.05) is 18.0 Å². The summed E-state index contributed by atoms with van der Waals surface area (Å²) in [5.74, 6) is 3.04. The first-order valence-corrected chi connectivity index (χ1v) is 7.87. The lowest BCUT2D eigenvalue weighted by atomic mass is 9.79. The zero-order chi connectivity index (χ0) is 16.2. The molecule has 2 N–H and O–H groups in total. The number of carbonyl (C=O) groups excluding carboxylic acids is 1. The van der Waals surface area contributed by atoms with Gasteiger partial charge in [-0.25, -0.2) is 0 Å². The Balaban J connectivity index is 1.82. The van der Waals surface area contributed by atoms with Crippen molar-refractivity contribution < 1.29 is 19.7 Å². The first kappa shape index (κ1) is 13.4. The summed E-state index contributed by atoms with van der Waals surface area (Å²) in [5.41, 5.74) is -0.587. The molecular formula is C18H17NO4. The van der Waals surface area contributed by atoms with Crippen LogP contribution in [0.15, 0.2) is 12.1 Å². The minimum Gasteiger partial charge on any atom is -0.504 e. The quantitative estimate of drug-likeness (QED) is 0.772. The van der Waals surface area contributed by atoms with Gasteiger partial charge in [0.1, 0.15) is 5.60 Å². The SMILES string of the molecule is C#CCN(C)[C@]12Cc3ccc(O)c4c3C13[C@@H](O4)C(=O)CC[C@]32O. The monoisotopic (exact) mass is 311 g/mol. The van der Waals surface area contributed by atoms with Crippen LogP contribution in [0.1, 0.15) is 24.0 Å². The van der Waals surface area contributed by atoms with Crippen LogP contribution in [0.3, 0.4) is 0 Å². The summed E-state index contributed by atoms with van der Waals surface area (Å²) in [6.45, 7) is 0.389. The number of phenols is 1. The van der Waals surface area contributed by atoms with Gasteiger partial charge in [0.2, 0.25) is 0 Å². The van der Waals surface area contributed by atoms with E-state index in [4.69, 9.17) is 11.2 Å². The van der Waals surface area contributed by atoms with E-state index in [2.05, 4.69) is 5.92 Å². The number of hydrogen-bond acceptors (Lipinski definition) is 5. The number of likely N-dealkylation sites (N-methyl/N-ethyl adjacent to an activating group) is 1. The summed E-state index contributed by atoms with van der Waals surface area (Å²) in [6.07, 6.45) is 6.09. The van der Waals surface area contributed by atoms with E-state index in [1.54, 1.807) is 6.07 Å². The molecule has 2 fully saturated rings. The van der Waals surface area contributed by atoms with E-state index < -0.39 is 22.7 Å². The summed E-state index contributed by atoms with van der Waals surface area (Å²) in [5, 5.41) is 21.7. The van der Waals surface area contributed by atoms with Gasteiger partial charge in [0.25, 0.3) is 0 Å². The first-order chi connectivity index (χ1) is 11.0. The van der Waals surface area contributed by atoms with Crippen LogP contribution in [0, 0.1) is 12.3 Å². The number of carbonyl (C=O) groups is 1. The third-order valence-corrected chi connectivity index (χ3v) is 6.62. The summed E-state index contributed by atoms with van der Waals surface area (Å²) in [6, 6.07) is 3.47. The lowest BCUT2D eigenvalue weighted by molar-refractivity contribution is -0.131. The Morgan fingerprint density at radius 3 is 3.04 bits per heavy atom. The van der Waals surface area contributed by atoms with Crippen molar-refractivity contribution in [2.24, 2.45) is 0 Å². The summed E-state index contributed by atoms with van der Waals surface area (Å²) >= 11 is 0. The molecular weight excluding hydrogens is 294 g/mol. The van der Waals surface area contributed by atoms with Crippen LogP contribution in [-0.4, -0.2) is 51.7 Å². The van der Waals surface area contributed by atoms with Crippen molar-refractivity contribution in [3.63, 3.8) is 0 Å². The molecule has 1 aromatic carbocycles. The Kier molecular flexibility index (Phi) is 2.07. The zero-order valence-electron chi connectivity index (χ0n) is 12.8. The van der Waals surface area contributed by atoms with Gasteiger partial charge in [0.05, 0.1) is 17.5 Å². The number of ketones is 1. The molecule has 0 radical (unpaired) electrons. The molecule has 3 aliphatic carbocycles. The van der Waals surface area contributed by atoms with Crippen molar-refractivity contribution in [3.8, 4) is 23.8 Å². The van der Waals surface area contributed by atoms with Gasteiger partial charge >= 0.3 is 0 Å². The van der Waals surface area contributed by atoms with E-state index in [0.717, 1.165) is 11.1 Å². The maximum atomic E-state index is 12.5. The second-order valence-corrected chi connectivity index (χ2v) is 7.18. The number of fused-ring (bicyclic) bond motifs is 1. The van der Waals surface area contributed by atoms with Crippen molar-refractivity contribution in [2.45, 2.75) is 41.9 Å². The molecule has 1 heterocycles. The Bertz CT molecular complexity index is 827. The number of aliphatic hydroxyl groups is 1. The molecule has 0 aromatic heterocycles. The van der Waals surface area contributed by atoms with Crippen LogP contribution in [0.25, 0.3) is 0 Å². The molecule has 1 unspecified atom stereocenters. The minimum atomic E-state index is -1.03. The molecule has 2 saturated carbocycles. The fraction of sp³-hybridized carbons (Fsp3) is 0.500. The average Bonchev–Trinajstić information content (AvgIpc) is 2.83. The van der Waals surface area contributed by atoms with Crippen LogP contribution in [0.4, 0.5) is 0 Å². The molecule has 4 aliphatic rings. The molecule has 5 heteroatoms. The molecule has 0 bridgehead atoms. The highest BCUT2D eigenvalue weighted by molar-refractivity contribution is 5.94. The van der Waals surface area contributed by atoms with Crippen molar-refractivity contribution in [3.05, 3.63) is 23.3 Å². The Morgan fingerprint density at radius 2 is 2.30 bits per heavy atom. The maximum absolute atomic E-state index is 12.5. The largest absolute Gasteiger partial charge is 0.504 e. The van der Waals surface area contributed by atoms with Gasteiger partial charge in [-0.05, 0) is 31.5 Å². The number of hydrogen-bond donors (Lipinski definition) is 2. The van der Waals surface area contributed by atoms with Crippen LogP contribution >= 0.6 is 0 Å². The lowest BCUT2D eigenvalue weighted by Crippen LogP contribution is -2.46. The highest BCUT2D eigenvalue weighted by Gasteiger charge is 2.97.